The fourth-order valence-electron chi connectivity index (χ4n) is 0.933. The van der Waals surface area contributed by atoms with Crippen molar-refractivity contribution in [3.8, 4) is 0 Å². The van der Waals surface area contributed by atoms with E-state index >= 15 is 0 Å². The number of nitrogens with zero attached hydrogens (tertiary/aromatic N) is 1. The Bertz CT molecular complexity index is 212. The van der Waals surface area contributed by atoms with Gasteiger partial charge in [-0.25, -0.2) is 4.79 Å². The van der Waals surface area contributed by atoms with Crippen LogP contribution in [0.4, 0.5) is 4.79 Å². The molecular weight excluding hydrogens is 148 g/mol. The molecule has 0 saturated carbocycles. The van der Waals surface area contributed by atoms with Gasteiger partial charge in [0.25, 0.3) is 5.91 Å². The second-order valence-corrected chi connectivity index (χ2v) is 2.89. The fraction of sp³-hybridized carbons (Fsp3) is 0.667. The minimum absolute atomic E-state index is 0.0394. The quantitative estimate of drug-likeness (QED) is 0.471. The van der Waals surface area contributed by atoms with Crippen LogP contribution in [-0.4, -0.2) is 41.1 Å². The molecule has 0 aliphatic carbocycles. The predicted octanol–water partition coefficient (Wildman–Crippen LogP) is -1.08. The molecule has 1 heterocycles. The Balaban J connectivity index is 2.79. The van der Waals surface area contributed by atoms with Gasteiger partial charge >= 0.3 is 6.03 Å². The standard InChI is InChI=1S/C6H10N2O3/c1-6(11)3-8(2)5(10)7-4(6)9/h11H,3H2,1-2H3,(H,7,9,10). The predicted molar refractivity (Wildman–Crippen MR) is 36.8 cm³/mol. The molecule has 0 spiro atoms. The molecule has 5 nitrogen and oxygen atoms in total. The van der Waals surface area contributed by atoms with Gasteiger partial charge in [0.2, 0.25) is 0 Å². The molecule has 0 radical (unpaired) electrons. The molecule has 0 aromatic rings. The Morgan fingerprint density at radius 3 is 2.64 bits per heavy atom. The summed E-state index contributed by atoms with van der Waals surface area (Å²) in [5, 5.41) is 11.3. The van der Waals surface area contributed by atoms with Crippen LogP contribution in [0.25, 0.3) is 0 Å². The molecule has 3 amide bonds. The lowest BCUT2D eigenvalue weighted by Gasteiger charge is -2.32. The van der Waals surface area contributed by atoms with Crippen molar-refractivity contribution in [3.05, 3.63) is 0 Å². The average molecular weight is 158 g/mol. The maximum Gasteiger partial charge on any atom is 0.323 e. The summed E-state index contributed by atoms with van der Waals surface area (Å²) in [6.07, 6.45) is 0. The number of likely N-dealkylation sites (N-methyl/N-ethyl adjacent to an activating group) is 1. The second-order valence-electron chi connectivity index (χ2n) is 2.89. The van der Waals surface area contributed by atoms with Gasteiger partial charge in [-0.2, -0.15) is 0 Å². The molecule has 1 saturated heterocycles. The van der Waals surface area contributed by atoms with Crippen molar-refractivity contribution in [1.82, 2.24) is 10.2 Å². The van der Waals surface area contributed by atoms with Crippen LogP contribution in [0.3, 0.4) is 0 Å². The van der Waals surface area contributed by atoms with Crippen LogP contribution < -0.4 is 5.32 Å². The van der Waals surface area contributed by atoms with Gasteiger partial charge in [0.1, 0.15) is 0 Å². The van der Waals surface area contributed by atoms with E-state index in [4.69, 9.17) is 0 Å². The van der Waals surface area contributed by atoms with Crippen molar-refractivity contribution >= 4 is 11.9 Å². The number of carbonyl (C=O) groups excluding carboxylic acids is 2. The van der Waals surface area contributed by atoms with Crippen LogP contribution in [0.2, 0.25) is 0 Å². The van der Waals surface area contributed by atoms with Gasteiger partial charge in [0.05, 0.1) is 6.54 Å². The smallest absolute Gasteiger partial charge is 0.323 e. The lowest BCUT2D eigenvalue weighted by molar-refractivity contribution is -0.140. The minimum Gasteiger partial charge on any atom is -0.378 e. The lowest BCUT2D eigenvalue weighted by Crippen LogP contribution is -2.61. The van der Waals surface area contributed by atoms with Crippen LogP contribution in [0.15, 0.2) is 0 Å². The number of amides is 3. The Morgan fingerprint density at radius 1 is 1.64 bits per heavy atom. The van der Waals surface area contributed by atoms with Crippen molar-refractivity contribution in [2.75, 3.05) is 13.6 Å². The van der Waals surface area contributed by atoms with E-state index in [1.54, 1.807) is 0 Å². The highest BCUT2D eigenvalue weighted by Gasteiger charge is 2.38. The highest BCUT2D eigenvalue weighted by atomic mass is 16.3. The van der Waals surface area contributed by atoms with Crippen molar-refractivity contribution in [2.24, 2.45) is 0 Å². The zero-order valence-corrected chi connectivity index (χ0v) is 6.42. The normalized spacial score (nSPS) is 32.1. The third kappa shape index (κ3) is 1.32. The van der Waals surface area contributed by atoms with Crippen LogP contribution in [-0.2, 0) is 4.79 Å². The Hall–Kier alpha value is -1.10. The number of urea groups is 1. The van der Waals surface area contributed by atoms with Gasteiger partial charge in [-0.05, 0) is 6.92 Å². The minimum atomic E-state index is -1.46. The van der Waals surface area contributed by atoms with Crippen molar-refractivity contribution in [1.29, 1.82) is 0 Å². The van der Waals surface area contributed by atoms with Crippen LogP contribution in [0.5, 0.6) is 0 Å². The van der Waals surface area contributed by atoms with Gasteiger partial charge in [0.15, 0.2) is 5.60 Å². The first-order valence-electron chi connectivity index (χ1n) is 3.22. The fourth-order valence-corrected chi connectivity index (χ4v) is 0.933. The van der Waals surface area contributed by atoms with Crippen molar-refractivity contribution in [3.63, 3.8) is 0 Å². The number of rotatable bonds is 0. The largest absolute Gasteiger partial charge is 0.378 e. The molecule has 0 aromatic heterocycles. The Labute approximate surface area is 64.0 Å². The molecular formula is C6H10N2O3. The van der Waals surface area contributed by atoms with Gasteiger partial charge in [-0.15, -0.1) is 0 Å². The first-order valence-corrected chi connectivity index (χ1v) is 3.22. The zero-order valence-electron chi connectivity index (χ0n) is 6.42. The molecule has 0 bridgehead atoms. The molecule has 1 atom stereocenters. The summed E-state index contributed by atoms with van der Waals surface area (Å²) in [7, 11) is 1.51. The van der Waals surface area contributed by atoms with Crippen LogP contribution in [0, 0.1) is 0 Å². The third-order valence-corrected chi connectivity index (χ3v) is 1.60. The van der Waals surface area contributed by atoms with E-state index in [1.807, 2.05) is 5.32 Å². The van der Waals surface area contributed by atoms with E-state index in [0.29, 0.717) is 0 Å². The molecule has 1 rings (SSSR count). The number of aliphatic hydroxyl groups is 1. The lowest BCUT2D eigenvalue weighted by atomic mass is 10.0. The first kappa shape index (κ1) is 8.00. The summed E-state index contributed by atoms with van der Waals surface area (Å²) in [5.74, 6) is -0.638. The Morgan fingerprint density at radius 2 is 2.18 bits per heavy atom. The summed E-state index contributed by atoms with van der Waals surface area (Å²) in [5.41, 5.74) is -1.46. The van der Waals surface area contributed by atoms with E-state index in [0.717, 1.165) is 0 Å². The van der Waals surface area contributed by atoms with E-state index in [2.05, 4.69) is 0 Å². The molecule has 11 heavy (non-hydrogen) atoms. The van der Waals surface area contributed by atoms with Gasteiger partial charge in [-0.3, -0.25) is 10.1 Å². The first-order chi connectivity index (χ1) is 4.93. The maximum absolute atomic E-state index is 10.9. The zero-order chi connectivity index (χ0) is 8.65. The highest BCUT2D eigenvalue weighted by Crippen LogP contribution is 2.09. The number of imide groups is 1. The number of β-amino-alcohol motifs (C(OH)–C–C–N with tert-alkyl or cyclic N) is 1. The molecule has 1 aliphatic heterocycles. The molecule has 2 N–H and O–H groups in total. The number of carbonyl (C=O) groups is 2. The van der Waals surface area contributed by atoms with Crippen molar-refractivity contribution in [2.45, 2.75) is 12.5 Å². The van der Waals surface area contributed by atoms with Crippen LogP contribution in [0.1, 0.15) is 6.92 Å². The maximum atomic E-state index is 10.9. The molecule has 5 heteroatoms. The van der Waals surface area contributed by atoms with E-state index < -0.39 is 17.5 Å². The molecule has 62 valence electrons. The molecule has 1 unspecified atom stereocenters. The third-order valence-electron chi connectivity index (χ3n) is 1.60. The number of hydrogen-bond acceptors (Lipinski definition) is 3. The second kappa shape index (κ2) is 2.20. The van der Waals surface area contributed by atoms with E-state index in [1.165, 1.54) is 18.9 Å². The van der Waals surface area contributed by atoms with Crippen LogP contribution >= 0.6 is 0 Å². The van der Waals surface area contributed by atoms with Gasteiger partial charge < -0.3 is 10.0 Å². The average Bonchev–Trinajstić information content (AvgIpc) is 1.83. The SMILES string of the molecule is CN1CC(C)(O)C(=O)NC1=O. The Kier molecular flexibility index (Phi) is 1.60. The summed E-state index contributed by atoms with van der Waals surface area (Å²) < 4.78 is 0. The number of nitrogens with one attached hydrogen (secondary N) is 1. The monoisotopic (exact) mass is 158 g/mol. The van der Waals surface area contributed by atoms with E-state index in [9.17, 15) is 14.7 Å². The van der Waals surface area contributed by atoms with Gasteiger partial charge in [0, 0.05) is 7.05 Å². The topological polar surface area (TPSA) is 69.6 Å². The molecule has 1 fully saturated rings. The summed E-state index contributed by atoms with van der Waals surface area (Å²) >= 11 is 0. The summed E-state index contributed by atoms with van der Waals surface area (Å²) in [4.78, 5) is 22.9. The van der Waals surface area contributed by atoms with E-state index in [-0.39, 0.29) is 6.54 Å². The summed E-state index contributed by atoms with van der Waals surface area (Å²) in [6.45, 7) is 1.41. The summed E-state index contributed by atoms with van der Waals surface area (Å²) in [6, 6.07) is -0.471. The molecule has 1 aliphatic rings. The number of hydrogen-bond donors (Lipinski definition) is 2. The van der Waals surface area contributed by atoms with Gasteiger partial charge in [-0.1, -0.05) is 0 Å². The highest BCUT2D eigenvalue weighted by molar-refractivity contribution is 6.01. The van der Waals surface area contributed by atoms with Crippen molar-refractivity contribution < 1.29 is 14.7 Å². The molecule has 0 aromatic carbocycles.